The van der Waals surface area contributed by atoms with Crippen molar-refractivity contribution in [3.05, 3.63) is 92.2 Å². The van der Waals surface area contributed by atoms with Gasteiger partial charge in [-0.25, -0.2) is 4.98 Å². The summed E-state index contributed by atoms with van der Waals surface area (Å²) in [5.41, 5.74) is 12.5. The largest absolute Gasteiger partial charge is 0.435 e. The SMILES string of the molecule is [N-]=[N+]=Nc1ccccc1-c1nc(-c2ccc(Br)cc2)c(-c2ccc(Br)cc2)o1. The lowest BCUT2D eigenvalue weighted by molar-refractivity contribution is 0.589. The second-order valence-electron chi connectivity index (χ2n) is 5.92. The van der Waals surface area contributed by atoms with Crippen LogP contribution in [0.3, 0.4) is 0 Å². The van der Waals surface area contributed by atoms with Crippen molar-refractivity contribution in [2.75, 3.05) is 0 Å². The van der Waals surface area contributed by atoms with Crippen LogP contribution in [-0.2, 0) is 0 Å². The lowest BCUT2D eigenvalue weighted by atomic mass is 10.1. The highest BCUT2D eigenvalue weighted by molar-refractivity contribution is 9.10. The molecule has 0 aliphatic heterocycles. The summed E-state index contributed by atoms with van der Waals surface area (Å²) in [6, 6.07) is 23.0. The highest BCUT2D eigenvalue weighted by atomic mass is 79.9. The van der Waals surface area contributed by atoms with Crippen LogP contribution >= 0.6 is 31.9 Å². The second kappa shape index (κ2) is 8.02. The molecule has 0 N–H and O–H groups in total. The third-order valence-electron chi connectivity index (χ3n) is 4.14. The number of oxazole rings is 1. The van der Waals surface area contributed by atoms with Crippen LogP contribution in [0.1, 0.15) is 0 Å². The molecule has 0 bridgehead atoms. The summed E-state index contributed by atoms with van der Waals surface area (Å²) >= 11 is 6.92. The van der Waals surface area contributed by atoms with E-state index in [0.717, 1.165) is 25.8 Å². The average Bonchev–Trinajstić information content (AvgIpc) is 3.15. The van der Waals surface area contributed by atoms with E-state index in [1.807, 2.05) is 66.7 Å². The zero-order chi connectivity index (χ0) is 19.5. The van der Waals surface area contributed by atoms with Crippen molar-refractivity contribution < 1.29 is 4.42 Å². The molecule has 1 aromatic heterocycles. The highest BCUT2D eigenvalue weighted by Gasteiger charge is 2.19. The first-order valence-corrected chi connectivity index (χ1v) is 9.91. The van der Waals surface area contributed by atoms with Gasteiger partial charge in [-0.2, -0.15) is 0 Å². The van der Waals surface area contributed by atoms with Gasteiger partial charge in [0, 0.05) is 30.5 Å². The maximum atomic E-state index is 8.86. The van der Waals surface area contributed by atoms with E-state index >= 15 is 0 Å². The Morgan fingerprint density at radius 3 is 2.07 bits per heavy atom. The molecule has 1 heterocycles. The van der Waals surface area contributed by atoms with Gasteiger partial charge in [-0.15, -0.1) is 0 Å². The number of halogens is 2. The number of nitrogens with zero attached hydrogens (tertiary/aromatic N) is 4. The molecule has 0 saturated carbocycles. The Bertz CT molecular complexity index is 1120. The van der Waals surface area contributed by atoms with E-state index in [2.05, 4.69) is 41.9 Å². The number of rotatable bonds is 4. The standard InChI is InChI=1S/C21H12Br2N4O/c22-15-9-5-13(6-10-15)19-20(14-7-11-16(23)12-8-14)28-21(25-19)17-3-1-2-4-18(17)26-27-24/h1-12H. The molecule has 5 nitrogen and oxygen atoms in total. The maximum Gasteiger partial charge on any atom is 0.227 e. The Kier molecular flexibility index (Phi) is 5.30. The zero-order valence-electron chi connectivity index (χ0n) is 14.4. The number of hydrogen-bond donors (Lipinski definition) is 0. The fraction of sp³-hybridized carbons (Fsp3) is 0. The summed E-state index contributed by atoms with van der Waals surface area (Å²) in [5, 5.41) is 3.76. The highest BCUT2D eigenvalue weighted by Crippen LogP contribution is 2.39. The van der Waals surface area contributed by atoms with Crippen LogP contribution in [-0.4, -0.2) is 4.98 Å². The van der Waals surface area contributed by atoms with Crippen molar-refractivity contribution in [1.29, 1.82) is 0 Å². The molecule has 7 heteroatoms. The molecule has 4 rings (SSSR count). The van der Waals surface area contributed by atoms with Gasteiger partial charge in [0.15, 0.2) is 5.76 Å². The first kappa shape index (κ1) is 18.5. The van der Waals surface area contributed by atoms with E-state index in [1.165, 1.54) is 0 Å². The minimum Gasteiger partial charge on any atom is -0.435 e. The zero-order valence-corrected chi connectivity index (χ0v) is 17.6. The summed E-state index contributed by atoms with van der Waals surface area (Å²) in [6.45, 7) is 0. The van der Waals surface area contributed by atoms with E-state index in [4.69, 9.17) is 14.9 Å². The Labute approximate surface area is 177 Å². The summed E-state index contributed by atoms with van der Waals surface area (Å²) < 4.78 is 8.14. The Morgan fingerprint density at radius 2 is 1.43 bits per heavy atom. The molecule has 28 heavy (non-hydrogen) atoms. The Balaban J connectivity index is 1.93. The number of azide groups is 1. The fourth-order valence-electron chi connectivity index (χ4n) is 2.83. The molecule has 0 aliphatic rings. The molecule has 0 atom stereocenters. The van der Waals surface area contributed by atoms with Crippen molar-refractivity contribution in [3.63, 3.8) is 0 Å². The predicted octanol–water partition coefficient (Wildman–Crippen LogP) is 8.14. The molecule has 0 spiro atoms. The molecule has 4 aromatic rings. The molecular weight excluding hydrogens is 484 g/mol. The van der Waals surface area contributed by atoms with Gasteiger partial charge in [-0.05, 0) is 35.9 Å². The number of benzene rings is 3. The van der Waals surface area contributed by atoms with Gasteiger partial charge < -0.3 is 4.42 Å². The van der Waals surface area contributed by atoms with Gasteiger partial charge in [0.05, 0.1) is 5.69 Å². The molecule has 0 aliphatic carbocycles. The molecule has 136 valence electrons. The Hall–Kier alpha value is -2.86. The van der Waals surface area contributed by atoms with Crippen molar-refractivity contribution in [1.82, 2.24) is 4.98 Å². The number of hydrogen-bond acceptors (Lipinski definition) is 3. The lowest BCUT2D eigenvalue weighted by Gasteiger charge is -2.02. The normalized spacial score (nSPS) is 10.5. The van der Waals surface area contributed by atoms with Crippen molar-refractivity contribution in [2.24, 2.45) is 5.11 Å². The molecule has 0 radical (unpaired) electrons. The molecule has 0 fully saturated rings. The van der Waals surface area contributed by atoms with E-state index in [1.54, 1.807) is 6.07 Å². The maximum absolute atomic E-state index is 8.86. The third-order valence-corrected chi connectivity index (χ3v) is 5.20. The average molecular weight is 496 g/mol. The molecule has 0 unspecified atom stereocenters. The minimum absolute atomic E-state index is 0.402. The van der Waals surface area contributed by atoms with Crippen LogP contribution < -0.4 is 0 Å². The third kappa shape index (κ3) is 3.73. The summed E-state index contributed by atoms with van der Waals surface area (Å²) in [4.78, 5) is 7.65. The smallest absolute Gasteiger partial charge is 0.227 e. The monoisotopic (exact) mass is 494 g/mol. The summed E-state index contributed by atoms with van der Waals surface area (Å²) in [7, 11) is 0. The van der Waals surface area contributed by atoms with Crippen LogP contribution in [0.2, 0.25) is 0 Å². The first-order chi connectivity index (χ1) is 13.7. The molecule has 3 aromatic carbocycles. The molecular formula is C21H12Br2N4O. The quantitative estimate of drug-likeness (QED) is 0.163. The fourth-order valence-corrected chi connectivity index (χ4v) is 3.35. The molecule has 0 saturated heterocycles. The van der Waals surface area contributed by atoms with Crippen molar-refractivity contribution in [2.45, 2.75) is 0 Å². The predicted molar refractivity (Wildman–Crippen MR) is 117 cm³/mol. The minimum atomic E-state index is 0.402. The second-order valence-corrected chi connectivity index (χ2v) is 7.75. The van der Waals surface area contributed by atoms with Gasteiger partial charge in [-0.3, -0.25) is 0 Å². The Morgan fingerprint density at radius 1 is 0.821 bits per heavy atom. The van der Waals surface area contributed by atoms with Crippen molar-refractivity contribution >= 4 is 37.5 Å². The summed E-state index contributed by atoms with van der Waals surface area (Å²) in [5.74, 6) is 1.06. The van der Waals surface area contributed by atoms with Gasteiger partial charge >= 0.3 is 0 Å². The van der Waals surface area contributed by atoms with Crippen LogP contribution in [0, 0.1) is 0 Å². The molecule has 0 amide bonds. The topological polar surface area (TPSA) is 74.8 Å². The first-order valence-electron chi connectivity index (χ1n) is 8.33. The van der Waals surface area contributed by atoms with E-state index in [-0.39, 0.29) is 0 Å². The summed E-state index contributed by atoms with van der Waals surface area (Å²) in [6.07, 6.45) is 0. The van der Waals surface area contributed by atoms with Gasteiger partial charge in [0.2, 0.25) is 5.89 Å². The van der Waals surface area contributed by atoms with Crippen LogP contribution in [0.5, 0.6) is 0 Å². The van der Waals surface area contributed by atoms with Gasteiger partial charge in [0.25, 0.3) is 0 Å². The van der Waals surface area contributed by atoms with E-state index in [0.29, 0.717) is 22.9 Å². The number of aromatic nitrogens is 1. The van der Waals surface area contributed by atoms with Gasteiger partial charge in [0.1, 0.15) is 5.69 Å². The van der Waals surface area contributed by atoms with Crippen molar-refractivity contribution in [3.8, 4) is 34.0 Å². The van der Waals surface area contributed by atoms with Crippen LogP contribution in [0.4, 0.5) is 5.69 Å². The van der Waals surface area contributed by atoms with Crippen LogP contribution in [0.25, 0.3) is 44.5 Å². The lowest BCUT2D eigenvalue weighted by Crippen LogP contribution is -1.83. The van der Waals surface area contributed by atoms with Crippen LogP contribution in [0.15, 0.2) is 91.3 Å². The van der Waals surface area contributed by atoms with E-state index < -0.39 is 0 Å². The van der Waals surface area contributed by atoms with E-state index in [9.17, 15) is 0 Å². The van der Waals surface area contributed by atoms with Gasteiger partial charge in [-0.1, -0.05) is 79.4 Å².